The molecule has 4 rings (SSSR count). The first kappa shape index (κ1) is 19.3. The Bertz CT molecular complexity index is 872. The molecular weight excluding hydrogens is 376 g/mol. The van der Waals surface area contributed by atoms with Gasteiger partial charge in [-0.05, 0) is 25.1 Å². The molecular formula is C21H24N2O6. The summed E-state index contributed by atoms with van der Waals surface area (Å²) in [5.41, 5.74) is 0.455. The summed E-state index contributed by atoms with van der Waals surface area (Å²) in [6.07, 6.45) is 0.872. The molecule has 8 heteroatoms. The molecule has 1 aromatic heterocycles. The van der Waals surface area contributed by atoms with Crippen LogP contribution in [0.5, 0.6) is 11.5 Å². The Morgan fingerprint density at radius 2 is 1.86 bits per heavy atom. The monoisotopic (exact) mass is 400 g/mol. The highest BCUT2D eigenvalue weighted by Gasteiger charge is 2.33. The van der Waals surface area contributed by atoms with Crippen molar-refractivity contribution in [3.8, 4) is 11.5 Å². The molecule has 0 N–H and O–H groups in total. The third-order valence-electron chi connectivity index (χ3n) is 5.08. The zero-order valence-corrected chi connectivity index (χ0v) is 16.3. The maximum atomic E-state index is 12.8. The maximum Gasteiger partial charge on any atom is 0.341 e. The van der Waals surface area contributed by atoms with Crippen molar-refractivity contribution in [1.82, 2.24) is 9.80 Å². The topological polar surface area (TPSA) is 81.5 Å². The lowest BCUT2D eigenvalue weighted by Gasteiger charge is -2.36. The molecule has 0 bridgehead atoms. The van der Waals surface area contributed by atoms with E-state index in [9.17, 15) is 9.59 Å². The Kier molecular flexibility index (Phi) is 5.71. The number of rotatable bonds is 5. The van der Waals surface area contributed by atoms with Crippen molar-refractivity contribution in [3.05, 3.63) is 47.9 Å². The number of nitrogens with zero attached hydrogens (tertiary/aromatic N) is 2. The number of para-hydroxylation sites is 2. The van der Waals surface area contributed by atoms with Gasteiger partial charge in [0.05, 0.1) is 19.4 Å². The Morgan fingerprint density at radius 1 is 1.10 bits per heavy atom. The molecule has 2 aromatic rings. The van der Waals surface area contributed by atoms with E-state index in [2.05, 4.69) is 4.90 Å². The molecule has 0 spiro atoms. The molecule has 1 atom stereocenters. The van der Waals surface area contributed by atoms with Gasteiger partial charge >= 0.3 is 5.97 Å². The van der Waals surface area contributed by atoms with Gasteiger partial charge in [0.1, 0.15) is 17.9 Å². The number of benzene rings is 1. The predicted molar refractivity (Wildman–Crippen MR) is 103 cm³/mol. The van der Waals surface area contributed by atoms with Gasteiger partial charge in [0.25, 0.3) is 5.91 Å². The smallest absolute Gasteiger partial charge is 0.341 e. The molecule has 1 saturated heterocycles. The zero-order chi connectivity index (χ0) is 20.2. The van der Waals surface area contributed by atoms with E-state index in [-0.39, 0.29) is 18.5 Å². The van der Waals surface area contributed by atoms with Gasteiger partial charge in [-0.3, -0.25) is 9.69 Å². The Morgan fingerprint density at radius 3 is 2.62 bits per heavy atom. The largest absolute Gasteiger partial charge is 0.485 e. The van der Waals surface area contributed by atoms with Crippen LogP contribution in [-0.4, -0.2) is 67.2 Å². The van der Waals surface area contributed by atoms with Crippen molar-refractivity contribution >= 4 is 11.9 Å². The molecule has 1 aromatic carbocycles. The lowest BCUT2D eigenvalue weighted by Crippen LogP contribution is -2.53. The summed E-state index contributed by atoms with van der Waals surface area (Å²) >= 11 is 0. The number of carbonyl (C=O) groups is 2. The van der Waals surface area contributed by atoms with Crippen LogP contribution in [0.25, 0.3) is 0 Å². The third-order valence-corrected chi connectivity index (χ3v) is 5.08. The quantitative estimate of drug-likeness (QED) is 0.710. The molecule has 2 aliphatic heterocycles. The fourth-order valence-corrected chi connectivity index (χ4v) is 3.53. The Balaban J connectivity index is 1.31. The minimum atomic E-state index is -0.628. The van der Waals surface area contributed by atoms with Gasteiger partial charge in [0, 0.05) is 26.2 Å². The number of ether oxygens (including phenoxy) is 3. The summed E-state index contributed by atoms with van der Waals surface area (Å²) in [5, 5.41) is 0. The van der Waals surface area contributed by atoms with E-state index in [0.29, 0.717) is 62.2 Å². The van der Waals surface area contributed by atoms with Crippen LogP contribution in [0, 0.1) is 0 Å². The first-order valence-corrected chi connectivity index (χ1v) is 9.79. The van der Waals surface area contributed by atoms with Crippen molar-refractivity contribution in [2.75, 3.05) is 39.4 Å². The van der Waals surface area contributed by atoms with Crippen molar-refractivity contribution in [3.63, 3.8) is 0 Å². The summed E-state index contributed by atoms with van der Waals surface area (Å²) in [7, 11) is 0. The van der Waals surface area contributed by atoms with Crippen LogP contribution in [0.3, 0.4) is 0 Å². The van der Waals surface area contributed by atoms with Crippen LogP contribution in [0.1, 0.15) is 23.0 Å². The highest BCUT2D eigenvalue weighted by molar-refractivity contribution is 5.90. The predicted octanol–water partition coefficient (Wildman–Crippen LogP) is 1.94. The lowest BCUT2D eigenvalue weighted by atomic mass is 10.2. The van der Waals surface area contributed by atoms with Gasteiger partial charge in [-0.2, -0.15) is 0 Å². The van der Waals surface area contributed by atoms with E-state index in [4.69, 9.17) is 18.6 Å². The molecule has 0 saturated carbocycles. The number of hydrogen-bond donors (Lipinski definition) is 0. The summed E-state index contributed by atoms with van der Waals surface area (Å²) < 4.78 is 22.0. The van der Waals surface area contributed by atoms with E-state index < -0.39 is 6.10 Å². The van der Waals surface area contributed by atoms with Gasteiger partial charge in [-0.25, -0.2) is 4.79 Å². The standard InChI is InChI=1S/C21H24N2O6/c1-2-26-21(25)15-7-12-27-18(15)13-22-8-10-23(11-9-22)20(24)19-14-28-16-5-3-4-6-17(16)29-19/h3-7,12,19H,2,8-11,13-14H2,1H3/t19-/m1/s1. The van der Waals surface area contributed by atoms with Crippen LogP contribution >= 0.6 is 0 Å². The summed E-state index contributed by atoms with van der Waals surface area (Å²) in [5.74, 6) is 1.41. The van der Waals surface area contributed by atoms with E-state index in [1.807, 2.05) is 18.2 Å². The number of hydrogen-bond acceptors (Lipinski definition) is 7. The van der Waals surface area contributed by atoms with Crippen LogP contribution in [0.15, 0.2) is 41.0 Å². The SMILES string of the molecule is CCOC(=O)c1ccoc1CN1CCN(C(=O)[C@H]2COc3ccccc3O2)CC1. The van der Waals surface area contributed by atoms with Crippen molar-refractivity contribution < 1.29 is 28.2 Å². The first-order chi connectivity index (χ1) is 14.2. The molecule has 1 amide bonds. The van der Waals surface area contributed by atoms with E-state index in [1.165, 1.54) is 6.26 Å². The number of esters is 1. The fourth-order valence-electron chi connectivity index (χ4n) is 3.53. The molecule has 0 unspecified atom stereocenters. The minimum Gasteiger partial charge on any atom is -0.485 e. The molecule has 3 heterocycles. The average Bonchev–Trinajstić information content (AvgIpc) is 3.22. The second kappa shape index (κ2) is 8.57. The van der Waals surface area contributed by atoms with Crippen LogP contribution in [-0.2, 0) is 16.1 Å². The third kappa shape index (κ3) is 4.22. The summed E-state index contributed by atoms with van der Waals surface area (Å²) in [6, 6.07) is 8.99. The lowest BCUT2D eigenvalue weighted by molar-refractivity contribution is -0.143. The van der Waals surface area contributed by atoms with Gasteiger partial charge in [0.2, 0.25) is 6.10 Å². The van der Waals surface area contributed by atoms with Crippen molar-refractivity contribution in [2.24, 2.45) is 0 Å². The van der Waals surface area contributed by atoms with E-state index in [0.717, 1.165) is 0 Å². The van der Waals surface area contributed by atoms with Crippen LogP contribution in [0.4, 0.5) is 0 Å². The molecule has 29 heavy (non-hydrogen) atoms. The second-order valence-electron chi connectivity index (χ2n) is 6.94. The Hall–Kier alpha value is -3.00. The van der Waals surface area contributed by atoms with Crippen LogP contribution < -0.4 is 9.47 Å². The second-order valence-corrected chi connectivity index (χ2v) is 6.94. The molecule has 1 fully saturated rings. The van der Waals surface area contributed by atoms with Gasteiger partial charge in [-0.1, -0.05) is 12.1 Å². The first-order valence-electron chi connectivity index (χ1n) is 9.79. The average molecular weight is 400 g/mol. The summed E-state index contributed by atoms with van der Waals surface area (Å²) in [6.45, 7) is 5.32. The van der Waals surface area contributed by atoms with E-state index in [1.54, 1.807) is 24.0 Å². The van der Waals surface area contributed by atoms with E-state index >= 15 is 0 Å². The number of fused-ring (bicyclic) bond motifs is 1. The zero-order valence-electron chi connectivity index (χ0n) is 16.3. The molecule has 0 aliphatic carbocycles. The van der Waals surface area contributed by atoms with Gasteiger partial charge < -0.3 is 23.5 Å². The van der Waals surface area contributed by atoms with Gasteiger partial charge in [0.15, 0.2) is 11.5 Å². The molecule has 8 nitrogen and oxygen atoms in total. The number of piperazine rings is 1. The molecule has 154 valence electrons. The maximum absolute atomic E-state index is 12.8. The van der Waals surface area contributed by atoms with Crippen LogP contribution in [0.2, 0.25) is 0 Å². The van der Waals surface area contributed by atoms with Crippen molar-refractivity contribution in [2.45, 2.75) is 19.6 Å². The molecule has 0 radical (unpaired) electrons. The van der Waals surface area contributed by atoms with Gasteiger partial charge in [-0.15, -0.1) is 0 Å². The van der Waals surface area contributed by atoms with Crippen molar-refractivity contribution in [1.29, 1.82) is 0 Å². The number of carbonyl (C=O) groups excluding carboxylic acids is 2. The Labute approximate surface area is 168 Å². The number of furan rings is 1. The number of amides is 1. The molecule has 2 aliphatic rings. The highest BCUT2D eigenvalue weighted by atomic mass is 16.6. The fraction of sp³-hybridized carbons (Fsp3) is 0.429. The normalized spacial score (nSPS) is 19.1. The minimum absolute atomic E-state index is 0.0654. The summed E-state index contributed by atoms with van der Waals surface area (Å²) in [4.78, 5) is 28.8. The highest BCUT2D eigenvalue weighted by Crippen LogP contribution is 2.31.